The maximum Gasteiger partial charge on any atom is 0.450 e. The summed E-state index contributed by atoms with van der Waals surface area (Å²) < 4.78 is 51.8. The molecule has 1 heterocycles. The van der Waals surface area contributed by atoms with E-state index in [0.29, 0.717) is 5.75 Å². The second-order valence-electron chi connectivity index (χ2n) is 6.78. The van der Waals surface area contributed by atoms with Crippen molar-refractivity contribution < 1.29 is 22.3 Å². The summed E-state index contributed by atoms with van der Waals surface area (Å²) in [5.74, 6) is -1.02. The molecule has 0 amide bonds. The van der Waals surface area contributed by atoms with Crippen LogP contribution in [0, 0.1) is 0 Å². The summed E-state index contributed by atoms with van der Waals surface area (Å²) in [6.45, 7) is 0.207. The Morgan fingerprint density at radius 3 is 2.26 bits per heavy atom. The largest absolute Gasteiger partial charge is 0.489 e. The normalized spacial score (nSPS) is 11.8. The van der Waals surface area contributed by atoms with Gasteiger partial charge in [0.25, 0.3) is 0 Å². The molecule has 1 aromatic heterocycles. The molecule has 4 aromatic rings. The van der Waals surface area contributed by atoms with Gasteiger partial charge in [0.2, 0.25) is 11.2 Å². The quantitative estimate of drug-likeness (QED) is 0.365. The van der Waals surface area contributed by atoms with Gasteiger partial charge >= 0.3 is 6.18 Å². The fourth-order valence-corrected chi connectivity index (χ4v) is 3.22. The highest BCUT2D eigenvalue weighted by Gasteiger charge is 2.39. The summed E-state index contributed by atoms with van der Waals surface area (Å²) in [6.07, 6.45) is -1.17. The predicted octanol–water partition coefficient (Wildman–Crippen LogP) is 6.57. The number of ether oxygens (including phenoxy) is 1. The van der Waals surface area contributed by atoms with Crippen molar-refractivity contribution in [2.24, 2.45) is 0 Å². The molecular formula is C25H17F3O3. The number of hydrogen-bond donors (Lipinski definition) is 0. The first-order valence-electron chi connectivity index (χ1n) is 9.51. The maximum atomic E-state index is 13.7. The highest BCUT2D eigenvalue weighted by atomic mass is 19.4. The zero-order chi connectivity index (χ0) is 21.8. The molecule has 0 unspecified atom stereocenters. The Kier molecular flexibility index (Phi) is 5.62. The van der Waals surface area contributed by atoms with Crippen LogP contribution in [0.15, 0.2) is 94.2 Å². The molecule has 4 rings (SSSR count). The molecule has 0 N–H and O–H groups in total. The van der Waals surface area contributed by atoms with Crippen LogP contribution in [0.1, 0.15) is 11.3 Å². The Bertz CT molecular complexity index is 1270. The summed E-state index contributed by atoms with van der Waals surface area (Å²) in [6, 6.07) is 21.6. The van der Waals surface area contributed by atoms with Crippen molar-refractivity contribution in [2.45, 2.75) is 6.18 Å². The average molecular weight is 422 g/mol. The van der Waals surface area contributed by atoms with Crippen LogP contribution in [0.2, 0.25) is 0 Å². The lowest BCUT2D eigenvalue weighted by Crippen LogP contribution is -2.16. The van der Waals surface area contributed by atoms with Crippen LogP contribution >= 0.6 is 0 Å². The molecule has 156 valence electrons. The summed E-state index contributed by atoms with van der Waals surface area (Å²) in [4.78, 5) is 12.9. The predicted molar refractivity (Wildman–Crippen MR) is 114 cm³/mol. The molecule has 0 bridgehead atoms. The van der Waals surface area contributed by atoms with Crippen molar-refractivity contribution in [1.82, 2.24) is 0 Å². The number of halogens is 3. The van der Waals surface area contributed by atoms with Gasteiger partial charge in [0.05, 0.1) is 10.9 Å². The summed E-state index contributed by atoms with van der Waals surface area (Å²) in [5, 5.41) is 0.0547. The smallest absolute Gasteiger partial charge is 0.450 e. The fraction of sp³-hybridized carbons (Fsp3) is 0.0800. The SMILES string of the molecule is O=c1c(-c2ccccc2)c(C(F)(F)F)oc2cc(OC/C=C/c3ccccc3)ccc12. The van der Waals surface area contributed by atoms with Crippen molar-refractivity contribution in [3.05, 3.63) is 106 Å². The van der Waals surface area contributed by atoms with Gasteiger partial charge in [-0.15, -0.1) is 0 Å². The minimum absolute atomic E-state index is 0.0547. The lowest BCUT2D eigenvalue weighted by molar-refractivity contribution is -0.152. The van der Waals surface area contributed by atoms with Crippen molar-refractivity contribution >= 4 is 17.0 Å². The van der Waals surface area contributed by atoms with E-state index in [1.165, 1.54) is 30.3 Å². The number of alkyl halides is 3. The van der Waals surface area contributed by atoms with Gasteiger partial charge in [0.15, 0.2) is 0 Å². The lowest BCUT2D eigenvalue weighted by atomic mass is 10.0. The second-order valence-corrected chi connectivity index (χ2v) is 6.78. The molecule has 6 heteroatoms. The van der Waals surface area contributed by atoms with Gasteiger partial charge in [-0.3, -0.25) is 4.79 Å². The Morgan fingerprint density at radius 1 is 0.903 bits per heavy atom. The third-order valence-electron chi connectivity index (χ3n) is 4.64. The lowest BCUT2D eigenvalue weighted by Gasteiger charge is -2.13. The van der Waals surface area contributed by atoms with Crippen molar-refractivity contribution in [2.75, 3.05) is 6.61 Å². The number of rotatable bonds is 5. The van der Waals surface area contributed by atoms with Crippen LogP contribution in [-0.2, 0) is 6.18 Å². The van der Waals surface area contributed by atoms with Gasteiger partial charge in [-0.05, 0) is 29.3 Å². The van der Waals surface area contributed by atoms with Crippen molar-refractivity contribution in [3.63, 3.8) is 0 Å². The molecule has 0 aliphatic carbocycles. The molecule has 0 aliphatic rings. The first-order chi connectivity index (χ1) is 14.9. The van der Waals surface area contributed by atoms with Crippen molar-refractivity contribution in [1.29, 1.82) is 0 Å². The maximum absolute atomic E-state index is 13.7. The highest BCUT2D eigenvalue weighted by molar-refractivity contribution is 5.84. The van der Waals surface area contributed by atoms with E-state index in [0.717, 1.165) is 5.56 Å². The van der Waals surface area contributed by atoms with E-state index in [9.17, 15) is 18.0 Å². The third-order valence-corrected chi connectivity index (χ3v) is 4.64. The van der Waals surface area contributed by atoms with Crippen LogP contribution in [0.25, 0.3) is 28.2 Å². The van der Waals surface area contributed by atoms with Gasteiger partial charge in [-0.1, -0.05) is 66.7 Å². The highest BCUT2D eigenvalue weighted by Crippen LogP contribution is 2.37. The van der Waals surface area contributed by atoms with E-state index >= 15 is 0 Å². The van der Waals surface area contributed by atoms with Crippen LogP contribution in [0.4, 0.5) is 13.2 Å². The minimum atomic E-state index is -4.83. The van der Waals surface area contributed by atoms with Gasteiger partial charge in [-0.25, -0.2) is 0 Å². The van der Waals surface area contributed by atoms with E-state index in [1.54, 1.807) is 24.3 Å². The van der Waals surface area contributed by atoms with Crippen LogP contribution in [-0.4, -0.2) is 6.61 Å². The monoisotopic (exact) mass is 422 g/mol. The van der Waals surface area contributed by atoms with E-state index < -0.39 is 22.9 Å². The van der Waals surface area contributed by atoms with E-state index in [1.807, 2.05) is 36.4 Å². The molecule has 0 fully saturated rings. The standard InChI is InChI=1S/C25H17F3O3/c26-25(27,28)24-22(18-11-5-2-6-12-18)23(29)20-14-13-19(16-21(20)31-24)30-15-7-10-17-8-3-1-4-9-17/h1-14,16H,15H2/b10-7+. The first-order valence-corrected chi connectivity index (χ1v) is 9.51. The molecule has 3 aromatic carbocycles. The average Bonchev–Trinajstić information content (AvgIpc) is 2.77. The topological polar surface area (TPSA) is 39.4 Å². The zero-order valence-electron chi connectivity index (χ0n) is 16.2. The molecule has 0 radical (unpaired) electrons. The van der Waals surface area contributed by atoms with Gasteiger partial charge in [0.1, 0.15) is 17.9 Å². The molecule has 3 nitrogen and oxygen atoms in total. The van der Waals surface area contributed by atoms with E-state index in [-0.39, 0.29) is 23.1 Å². The molecule has 31 heavy (non-hydrogen) atoms. The molecule has 0 saturated heterocycles. The Balaban J connectivity index is 1.68. The van der Waals surface area contributed by atoms with Crippen molar-refractivity contribution in [3.8, 4) is 16.9 Å². The first kappa shape index (κ1) is 20.5. The Labute approximate surface area is 176 Å². The van der Waals surface area contributed by atoms with Crippen LogP contribution in [0.5, 0.6) is 5.75 Å². The summed E-state index contributed by atoms with van der Waals surface area (Å²) >= 11 is 0. The number of benzene rings is 3. The second kappa shape index (κ2) is 8.52. The van der Waals surface area contributed by atoms with Crippen LogP contribution < -0.4 is 10.2 Å². The number of hydrogen-bond acceptors (Lipinski definition) is 3. The van der Waals surface area contributed by atoms with Gasteiger partial charge in [-0.2, -0.15) is 13.2 Å². The minimum Gasteiger partial charge on any atom is -0.489 e. The van der Waals surface area contributed by atoms with Gasteiger partial charge < -0.3 is 9.15 Å². The molecule has 0 spiro atoms. The zero-order valence-corrected chi connectivity index (χ0v) is 16.2. The van der Waals surface area contributed by atoms with E-state index in [4.69, 9.17) is 9.15 Å². The fourth-order valence-electron chi connectivity index (χ4n) is 3.22. The molecule has 0 aliphatic heterocycles. The Morgan fingerprint density at radius 2 is 1.58 bits per heavy atom. The molecular weight excluding hydrogens is 405 g/mol. The summed E-state index contributed by atoms with van der Waals surface area (Å²) in [5.41, 5.74) is -0.271. The Hall–Kier alpha value is -3.80. The number of fused-ring (bicyclic) bond motifs is 1. The van der Waals surface area contributed by atoms with Gasteiger partial charge in [0, 0.05) is 6.07 Å². The van der Waals surface area contributed by atoms with Crippen LogP contribution in [0.3, 0.4) is 0 Å². The third kappa shape index (κ3) is 4.53. The summed E-state index contributed by atoms with van der Waals surface area (Å²) in [7, 11) is 0. The molecule has 0 saturated carbocycles. The van der Waals surface area contributed by atoms with E-state index in [2.05, 4.69) is 0 Å². The molecule has 0 atom stereocenters.